The minimum Gasteiger partial charge on any atom is -0.380 e. The van der Waals surface area contributed by atoms with Crippen molar-refractivity contribution in [2.24, 2.45) is 11.7 Å². The molecule has 1 aliphatic heterocycles. The monoisotopic (exact) mass is 198 g/mol. The maximum Gasteiger partial charge on any atom is 0.0621 e. The Morgan fingerprint density at radius 2 is 2.21 bits per heavy atom. The van der Waals surface area contributed by atoms with E-state index in [0.717, 1.165) is 19.1 Å². The quantitative estimate of drug-likeness (QED) is 0.730. The SMILES string of the molecule is CN(CC1CC(N)C1)C1CCCOC1. The topological polar surface area (TPSA) is 38.5 Å². The number of hydrogen-bond donors (Lipinski definition) is 1. The van der Waals surface area contributed by atoms with Crippen LogP contribution in [0.3, 0.4) is 0 Å². The molecule has 82 valence electrons. The van der Waals surface area contributed by atoms with Crippen LogP contribution in [0.15, 0.2) is 0 Å². The Balaban J connectivity index is 1.69. The summed E-state index contributed by atoms with van der Waals surface area (Å²) in [5.41, 5.74) is 5.78. The van der Waals surface area contributed by atoms with Crippen LogP contribution in [-0.2, 0) is 4.74 Å². The molecule has 3 nitrogen and oxygen atoms in total. The van der Waals surface area contributed by atoms with E-state index in [9.17, 15) is 0 Å². The molecule has 2 N–H and O–H groups in total. The first-order chi connectivity index (χ1) is 6.75. The molecule has 1 heterocycles. The second-order valence-electron chi connectivity index (χ2n) is 4.91. The van der Waals surface area contributed by atoms with Gasteiger partial charge in [-0.05, 0) is 38.6 Å². The van der Waals surface area contributed by atoms with Crippen molar-refractivity contribution in [2.75, 3.05) is 26.8 Å². The summed E-state index contributed by atoms with van der Waals surface area (Å²) >= 11 is 0. The van der Waals surface area contributed by atoms with E-state index in [-0.39, 0.29) is 0 Å². The van der Waals surface area contributed by atoms with E-state index in [1.807, 2.05) is 0 Å². The molecule has 0 spiro atoms. The lowest BCUT2D eigenvalue weighted by Crippen LogP contribution is -2.46. The van der Waals surface area contributed by atoms with Gasteiger partial charge in [-0.15, -0.1) is 0 Å². The van der Waals surface area contributed by atoms with Gasteiger partial charge >= 0.3 is 0 Å². The van der Waals surface area contributed by atoms with E-state index in [1.54, 1.807) is 0 Å². The molecule has 2 aliphatic rings. The van der Waals surface area contributed by atoms with E-state index < -0.39 is 0 Å². The molecule has 0 bridgehead atoms. The standard InChI is InChI=1S/C11H22N2O/c1-13(7-9-5-10(12)6-9)11-3-2-4-14-8-11/h9-11H,2-8,12H2,1H3. The zero-order chi connectivity index (χ0) is 9.97. The first-order valence-electron chi connectivity index (χ1n) is 5.79. The van der Waals surface area contributed by atoms with Crippen LogP contribution in [0.2, 0.25) is 0 Å². The predicted molar refractivity (Wildman–Crippen MR) is 57.2 cm³/mol. The minimum absolute atomic E-state index is 0.482. The van der Waals surface area contributed by atoms with Crippen molar-refractivity contribution >= 4 is 0 Å². The molecule has 0 aromatic heterocycles. The lowest BCUT2D eigenvalue weighted by atomic mass is 9.80. The zero-order valence-corrected chi connectivity index (χ0v) is 9.11. The van der Waals surface area contributed by atoms with Crippen LogP contribution in [0.5, 0.6) is 0 Å². The van der Waals surface area contributed by atoms with Gasteiger partial charge in [-0.2, -0.15) is 0 Å². The van der Waals surface area contributed by atoms with E-state index in [2.05, 4.69) is 11.9 Å². The highest BCUT2D eigenvalue weighted by Crippen LogP contribution is 2.27. The molecule has 1 saturated carbocycles. The van der Waals surface area contributed by atoms with Crippen LogP contribution in [-0.4, -0.2) is 43.8 Å². The lowest BCUT2D eigenvalue weighted by molar-refractivity contribution is 0.0164. The summed E-state index contributed by atoms with van der Waals surface area (Å²) in [6, 6.07) is 1.14. The van der Waals surface area contributed by atoms with Gasteiger partial charge < -0.3 is 15.4 Å². The van der Waals surface area contributed by atoms with Gasteiger partial charge in [0, 0.05) is 25.2 Å². The van der Waals surface area contributed by atoms with E-state index >= 15 is 0 Å². The van der Waals surface area contributed by atoms with E-state index in [0.29, 0.717) is 12.1 Å². The summed E-state index contributed by atoms with van der Waals surface area (Å²) in [6.45, 7) is 3.09. The lowest BCUT2D eigenvalue weighted by Gasteiger charge is -2.39. The summed E-state index contributed by atoms with van der Waals surface area (Å²) in [4.78, 5) is 2.47. The second-order valence-corrected chi connectivity index (χ2v) is 4.91. The highest BCUT2D eigenvalue weighted by molar-refractivity contribution is 4.85. The van der Waals surface area contributed by atoms with Crippen LogP contribution in [0.1, 0.15) is 25.7 Å². The molecular formula is C11H22N2O. The van der Waals surface area contributed by atoms with Crippen molar-refractivity contribution in [3.05, 3.63) is 0 Å². The van der Waals surface area contributed by atoms with Crippen LogP contribution in [0, 0.1) is 5.92 Å². The third-order valence-electron chi connectivity index (χ3n) is 3.58. The van der Waals surface area contributed by atoms with Crippen LogP contribution >= 0.6 is 0 Å². The van der Waals surface area contributed by atoms with Gasteiger partial charge in [-0.25, -0.2) is 0 Å². The van der Waals surface area contributed by atoms with Crippen molar-refractivity contribution in [2.45, 2.75) is 37.8 Å². The molecule has 1 unspecified atom stereocenters. The van der Waals surface area contributed by atoms with Gasteiger partial charge in [0.25, 0.3) is 0 Å². The Bertz CT molecular complexity index is 174. The Hall–Kier alpha value is -0.120. The summed E-state index contributed by atoms with van der Waals surface area (Å²) in [6.07, 6.45) is 4.96. The Morgan fingerprint density at radius 1 is 1.43 bits per heavy atom. The van der Waals surface area contributed by atoms with Gasteiger partial charge in [0.2, 0.25) is 0 Å². The summed E-state index contributed by atoms with van der Waals surface area (Å²) in [5.74, 6) is 0.844. The summed E-state index contributed by atoms with van der Waals surface area (Å²) in [7, 11) is 2.23. The van der Waals surface area contributed by atoms with Crippen molar-refractivity contribution < 1.29 is 4.74 Å². The van der Waals surface area contributed by atoms with Crippen molar-refractivity contribution in [1.82, 2.24) is 4.90 Å². The van der Waals surface area contributed by atoms with Crippen LogP contribution in [0.4, 0.5) is 0 Å². The van der Waals surface area contributed by atoms with Crippen molar-refractivity contribution in [3.63, 3.8) is 0 Å². The maximum atomic E-state index is 5.78. The fourth-order valence-electron chi connectivity index (χ4n) is 2.56. The fourth-order valence-corrected chi connectivity index (χ4v) is 2.56. The average Bonchev–Trinajstić information content (AvgIpc) is 2.17. The van der Waals surface area contributed by atoms with Crippen LogP contribution in [0.25, 0.3) is 0 Å². The third kappa shape index (κ3) is 2.47. The Labute approximate surface area is 86.6 Å². The van der Waals surface area contributed by atoms with Crippen molar-refractivity contribution in [3.8, 4) is 0 Å². The molecule has 14 heavy (non-hydrogen) atoms. The number of hydrogen-bond acceptors (Lipinski definition) is 3. The molecule has 0 aromatic carbocycles. The molecule has 3 heteroatoms. The maximum absolute atomic E-state index is 5.78. The summed E-state index contributed by atoms with van der Waals surface area (Å²) in [5, 5.41) is 0. The first-order valence-corrected chi connectivity index (χ1v) is 5.79. The molecule has 1 saturated heterocycles. The molecule has 0 aromatic rings. The number of nitrogens with two attached hydrogens (primary N) is 1. The first kappa shape index (κ1) is 10.4. The number of rotatable bonds is 3. The summed E-state index contributed by atoms with van der Waals surface area (Å²) < 4.78 is 5.49. The highest BCUT2D eigenvalue weighted by Gasteiger charge is 2.29. The van der Waals surface area contributed by atoms with Gasteiger partial charge in [-0.3, -0.25) is 0 Å². The third-order valence-corrected chi connectivity index (χ3v) is 3.58. The highest BCUT2D eigenvalue weighted by atomic mass is 16.5. The zero-order valence-electron chi connectivity index (χ0n) is 9.11. The predicted octanol–water partition coefficient (Wildman–Crippen LogP) is 0.834. The van der Waals surface area contributed by atoms with Gasteiger partial charge in [-0.1, -0.05) is 0 Å². The Morgan fingerprint density at radius 3 is 2.79 bits per heavy atom. The largest absolute Gasteiger partial charge is 0.380 e. The molecule has 2 rings (SSSR count). The minimum atomic E-state index is 0.482. The molecule has 0 radical (unpaired) electrons. The normalized spacial score (nSPS) is 38.4. The Kier molecular flexibility index (Phi) is 3.42. The number of nitrogens with zero attached hydrogens (tertiary/aromatic N) is 1. The van der Waals surface area contributed by atoms with Crippen LogP contribution < -0.4 is 5.73 Å². The molecule has 2 fully saturated rings. The molecule has 1 atom stereocenters. The number of ether oxygens (including phenoxy) is 1. The van der Waals surface area contributed by atoms with Crippen molar-refractivity contribution in [1.29, 1.82) is 0 Å². The number of likely N-dealkylation sites (N-methyl/N-ethyl adjacent to an activating group) is 1. The molecule has 1 aliphatic carbocycles. The van der Waals surface area contributed by atoms with Gasteiger partial charge in [0.1, 0.15) is 0 Å². The van der Waals surface area contributed by atoms with Gasteiger partial charge in [0.05, 0.1) is 6.61 Å². The second kappa shape index (κ2) is 4.60. The smallest absolute Gasteiger partial charge is 0.0621 e. The average molecular weight is 198 g/mol. The van der Waals surface area contributed by atoms with E-state index in [4.69, 9.17) is 10.5 Å². The van der Waals surface area contributed by atoms with Gasteiger partial charge in [0.15, 0.2) is 0 Å². The molecule has 0 amide bonds. The fraction of sp³-hybridized carbons (Fsp3) is 1.00. The van der Waals surface area contributed by atoms with E-state index in [1.165, 1.54) is 32.2 Å². The molecular weight excluding hydrogens is 176 g/mol.